The number of ether oxygens (including phenoxy) is 2. The molecule has 0 radical (unpaired) electrons. The molecule has 0 aliphatic heterocycles. The molecule has 0 unspecified atom stereocenters. The molecule has 0 spiro atoms. The average Bonchev–Trinajstić information content (AvgIpc) is 2.88. The van der Waals surface area contributed by atoms with Crippen LogP contribution in [0.3, 0.4) is 0 Å². The second kappa shape index (κ2) is 10.9. The number of nitrogens with two attached hydrogens (primary N) is 1. The van der Waals surface area contributed by atoms with Crippen molar-refractivity contribution in [2.75, 3.05) is 12.8 Å². The topological polar surface area (TPSA) is 104 Å². The van der Waals surface area contributed by atoms with E-state index < -0.39 is 0 Å². The lowest BCUT2D eigenvalue weighted by molar-refractivity contribution is 0.482. The van der Waals surface area contributed by atoms with Gasteiger partial charge in [-0.25, -0.2) is 0 Å². The van der Waals surface area contributed by atoms with Crippen LogP contribution in [-0.4, -0.2) is 13.3 Å². The van der Waals surface area contributed by atoms with Crippen LogP contribution in [0.1, 0.15) is 16.7 Å². The average molecular weight is 477 g/mol. The highest BCUT2D eigenvalue weighted by Gasteiger charge is 2.06. The Morgan fingerprint density at radius 2 is 1.23 bits per heavy atom. The predicted octanol–water partition coefficient (Wildman–Crippen LogP) is 6.80. The van der Waals surface area contributed by atoms with Crippen molar-refractivity contribution >= 4 is 23.7 Å². The molecule has 6 nitrogen and oxygen atoms in total. The van der Waals surface area contributed by atoms with Crippen LogP contribution in [0.15, 0.2) is 99.7 Å². The minimum Gasteiger partial charge on any atom is -0.457 e. The predicted molar refractivity (Wildman–Crippen MR) is 137 cm³/mol. The van der Waals surface area contributed by atoms with Gasteiger partial charge in [0.1, 0.15) is 35.1 Å². The molecule has 2 N–H and O–H groups in total. The minimum atomic E-state index is 0.288. The molecule has 0 amide bonds. The van der Waals surface area contributed by atoms with Crippen molar-refractivity contribution < 1.29 is 9.47 Å². The van der Waals surface area contributed by atoms with Crippen molar-refractivity contribution in [2.45, 2.75) is 9.79 Å². The molecule has 4 aromatic rings. The number of nitrogens with zero attached hydrogens (tertiary/aromatic N) is 3. The molecule has 7 heteroatoms. The lowest BCUT2D eigenvalue weighted by Gasteiger charge is -2.09. The summed E-state index contributed by atoms with van der Waals surface area (Å²) in [6.45, 7) is 0. The van der Waals surface area contributed by atoms with Gasteiger partial charge in [-0.05, 0) is 78.9 Å². The summed E-state index contributed by atoms with van der Waals surface area (Å²) in [6, 6.07) is 29.8. The van der Waals surface area contributed by atoms with Gasteiger partial charge >= 0.3 is 0 Å². The smallest absolute Gasteiger partial charge is 0.129 e. The van der Waals surface area contributed by atoms with Gasteiger partial charge in [0.2, 0.25) is 0 Å². The van der Waals surface area contributed by atoms with Crippen LogP contribution < -0.4 is 15.2 Å². The number of hydrogen-bond acceptors (Lipinski definition) is 7. The van der Waals surface area contributed by atoms with Crippen LogP contribution in [0, 0.1) is 22.7 Å². The van der Waals surface area contributed by atoms with Gasteiger partial charge in [0.15, 0.2) is 0 Å². The molecule has 0 saturated carbocycles. The number of anilines is 1. The van der Waals surface area contributed by atoms with Gasteiger partial charge in [-0.3, -0.25) is 4.99 Å². The zero-order chi connectivity index (χ0) is 24.6. The Morgan fingerprint density at radius 1 is 0.714 bits per heavy atom. The molecule has 0 aromatic heterocycles. The Labute approximate surface area is 207 Å². The molecule has 4 rings (SSSR count). The Kier molecular flexibility index (Phi) is 7.32. The fourth-order valence-electron chi connectivity index (χ4n) is 3.21. The molecule has 0 fully saturated rings. The van der Waals surface area contributed by atoms with E-state index >= 15 is 0 Å². The summed E-state index contributed by atoms with van der Waals surface area (Å²) < 4.78 is 11.7. The molecule has 35 heavy (non-hydrogen) atoms. The second-order valence-electron chi connectivity index (χ2n) is 7.36. The van der Waals surface area contributed by atoms with E-state index in [2.05, 4.69) is 4.99 Å². The van der Waals surface area contributed by atoms with Gasteiger partial charge < -0.3 is 15.2 Å². The van der Waals surface area contributed by atoms with Crippen LogP contribution in [-0.2, 0) is 0 Å². The number of nitriles is 2. The van der Waals surface area contributed by atoms with Crippen LogP contribution in [0.5, 0.6) is 23.0 Å². The van der Waals surface area contributed by atoms with E-state index in [1.807, 2.05) is 72.8 Å². The Bertz CT molecular complexity index is 1450. The van der Waals surface area contributed by atoms with Gasteiger partial charge in [0.05, 0.1) is 11.1 Å². The summed E-state index contributed by atoms with van der Waals surface area (Å²) in [5, 5.41) is 18.2. The number of rotatable bonds is 7. The highest BCUT2D eigenvalue weighted by molar-refractivity contribution is 7.99. The zero-order valence-electron chi connectivity index (χ0n) is 18.8. The molecule has 170 valence electrons. The molecule has 0 bridgehead atoms. The third-order valence-corrected chi connectivity index (χ3v) is 5.93. The van der Waals surface area contributed by atoms with Gasteiger partial charge in [-0.1, -0.05) is 11.8 Å². The molecule has 0 aliphatic carbocycles. The fraction of sp³-hybridized carbons (Fsp3) is 0.0357. The number of nitrogen functional groups attached to an aromatic ring is 1. The first-order valence-corrected chi connectivity index (χ1v) is 11.4. The normalized spacial score (nSPS) is 10.5. The van der Waals surface area contributed by atoms with Crippen LogP contribution >= 0.6 is 11.8 Å². The maximum absolute atomic E-state index is 9.17. The minimum absolute atomic E-state index is 0.288. The van der Waals surface area contributed by atoms with Gasteiger partial charge in [-0.15, -0.1) is 0 Å². The van der Waals surface area contributed by atoms with E-state index in [4.69, 9.17) is 25.7 Å². The Hall–Kier alpha value is -4.72. The van der Waals surface area contributed by atoms with E-state index in [0.29, 0.717) is 34.2 Å². The largest absolute Gasteiger partial charge is 0.457 e. The molecule has 0 atom stereocenters. The molecular weight excluding hydrogens is 456 g/mol. The molecule has 4 aromatic carbocycles. The second-order valence-corrected chi connectivity index (χ2v) is 8.50. The van der Waals surface area contributed by atoms with Gasteiger partial charge in [-0.2, -0.15) is 10.5 Å². The first-order valence-electron chi connectivity index (χ1n) is 10.6. The first-order chi connectivity index (χ1) is 17.1. The lowest BCUT2D eigenvalue weighted by Crippen LogP contribution is -1.94. The van der Waals surface area contributed by atoms with Crippen molar-refractivity contribution in [3.05, 3.63) is 102 Å². The number of aliphatic imine (C=N–C) groups is 1. The highest BCUT2D eigenvalue weighted by atomic mass is 32.2. The zero-order valence-corrected chi connectivity index (χ0v) is 19.6. The third kappa shape index (κ3) is 6.00. The Balaban J connectivity index is 1.37. The Morgan fingerprint density at radius 3 is 1.74 bits per heavy atom. The quantitative estimate of drug-likeness (QED) is 0.232. The third-order valence-electron chi connectivity index (χ3n) is 4.91. The summed E-state index contributed by atoms with van der Waals surface area (Å²) in [7, 11) is 1.70. The van der Waals surface area contributed by atoms with Gasteiger partial charge in [0.25, 0.3) is 0 Å². The van der Waals surface area contributed by atoms with Crippen molar-refractivity contribution in [1.82, 2.24) is 0 Å². The van der Waals surface area contributed by atoms with E-state index in [1.54, 1.807) is 49.3 Å². The monoisotopic (exact) mass is 476 g/mol. The maximum Gasteiger partial charge on any atom is 0.129 e. The number of benzene rings is 4. The SMILES string of the molecule is CN=Cc1ccc(Oc2ccc(Sc3ccc(Oc4ccc(C#N)c(C#N)c4)cc3)cc2)cc1N. The summed E-state index contributed by atoms with van der Waals surface area (Å²) in [5.41, 5.74) is 8.12. The fourth-order valence-corrected chi connectivity index (χ4v) is 4.03. The lowest BCUT2D eigenvalue weighted by atomic mass is 10.1. The summed E-state index contributed by atoms with van der Waals surface area (Å²) in [6.07, 6.45) is 1.71. The van der Waals surface area contributed by atoms with E-state index in [1.165, 1.54) is 0 Å². The van der Waals surface area contributed by atoms with Crippen molar-refractivity contribution in [3.8, 4) is 35.1 Å². The van der Waals surface area contributed by atoms with E-state index in [-0.39, 0.29) is 5.56 Å². The number of hydrogen-bond donors (Lipinski definition) is 1. The standard InChI is InChI=1S/C28H20N4O2S/c1-32-18-20-3-5-25(15-28(20)31)34-23-8-12-27(13-9-23)35-26-10-6-22(7-11-26)33-24-4-2-19(16-29)21(14-24)17-30/h2-15,18H,31H2,1H3. The summed E-state index contributed by atoms with van der Waals surface area (Å²) >= 11 is 1.61. The van der Waals surface area contributed by atoms with Crippen molar-refractivity contribution in [2.24, 2.45) is 4.99 Å². The molecule has 0 aliphatic rings. The maximum atomic E-state index is 9.17. The van der Waals surface area contributed by atoms with Crippen LogP contribution in [0.25, 0.3) is 0 Å². The van der Waals surface area contributed by atoms with Crippen LogP contribution in [0.2, 0.25) is 0 Å². The van der Waals surface area contributed by atoms with E-state index in [0.717, 1.165) is 15.4 Å². The first kappa shape index (κ1) is 23.4. The molecule has 0 heterocycles. The summed E-state index contributed by atoms with van der Waals surface area (Å²) in [5.74, 6) is 2.53. The molecule has 0 saturated heterocycles. The van der Waals surface area contributed by atoms with E-state index in [9.17, 15) is 0 Å². The van der Waals surface area contributed by atoms with Crippen LogP contribution in [0.4, 0.5) is 5.69 Å². The summed E-state index contributed by atoms with van der Waals surface area (Å²) in [4.78, 5) is 6.09. The van der Waals surface area contributed by atoms with Gasteiger partial charge in [0, 0.05) is 40.4 Å². The molecular formula is C28H20N4O2S. The van der Waals surface area contributed by atoms with Crippen molar-refractivity contribution in [1.29, 1.82) is 10.5 Å². The highest BCUT2D eigenvalue weighted by Crippen LogP contribution is 2.33. The van der Waals surface area contributed by atoms with Crippen molar-refractivity contribution in [3.63, 3.8) is 0 Å².